The predicted molar refractivity (Wildman–Crippen MR) is 89.8 cm³/mol. The minimum atomic E-state index is 0.140. The molecule has 0 aliphatic rings. The molecule has 0 aliphatic carbocycles. The summed E-state index contributed by atoms with van der Waals surface area (Å²) >= 11 is 0. The van der Waals surface area contributed by atoms with E-state index in [1.165, 1.54) is 6.42 Å². The zero-order valence-electron chi connectivity index (χ0n) is 12.7. The van der Waals surface area contributed by atoms with Gasteiger partial charge < -0.3 is 4.57 Å². The van der Waals surface area contributed by atoms with Gasteiger partial charge in [0.15, 0.2) is 5.43 Å². The van der Waals surface area contributed by atoms with Crippen molar-refractivity contribution in [1.82, 2.24) is 4.57 Å². The van der Waals surface area contributed by atoms with Gasteiger partial charge in [-0.05, 0) is 43.0 Å². The molecular formula is C19H21NO. The van der Waals surface area contributed by atoms with Gasteiger partial charge in [0.1, 0.15) is 0 Å². The molecule has 0 atom stereocenters. The van der Waals surface area contributed by atoms with Crippen LogP contribution < -0.4 is 5.43 Å². The summed E-state index contributed by atoms with van der Waals surface area (Å²) in [7, 11) is 0. The van der Waals surface area contributed by atoms with Gasteiger partial charge in [0.05, 0.1) is 11.0 Å². The number of hydrogen-bond acceptors (Lipinski definition) is 1. The Morgan fingerprint density at radius 3 is 1.95 bits per heavy atom. The van der Waals surface area contributed by atoms with E-state index in [0.29, 0.717) is 5.92 Å². The maximum Gasteiger partial charge on any atom is 0.197 e. The van der Waals surface area contributed by atoms with Crippen molar-refractivity contribution < 1.29 is 0 Å². The highest BCUT2D eigenvalue weighted by Gasteiger charge is 2.09. The Hall–Kier alpha value is -2.09. The number of hydrogen-bond donors (Lipinski definition) is 0. The van der Waals surface area contributed by atoms with Crippen molar-refractivity contribution in [2.75, 3.05) is 0 Å². The third-order valence-corrected chi connectivity index (χ3v) is 4.04. The first-order chi connectivity index (χ1) is 10.2. The molecule has 0 radical (unpaired) electrons. The number of para-hydroxylation sites is 2. The van der Waals surface area contributed by atoms with E-state index in [1.54, 1.807) is 0 Å². The molecule has 1 aromatic heterocycles. The van der Waals surface area contributed by atoms with Crippen LogP contribution in [0.2, 0.25) is 0 Å². The molecule has 0 spiro atoms. The van der Waals surface area contributed by atoms with Crippen LogP contribution in [0.15, 0.2) is 53.3 Å². The zero-order valence-corrected chi connectivity index (χ0v) is 12.7. The fourth-order valence-corrected chi connectivity index (χ4v) is 2.98. The molecular weight excluding hydrogens is 258 g/mol. The van der Waals surface area contributed by atoms with Gasteiger partial charge in [0.2, 0.25) is 0 Å². The summed E-state index contributed by atoms with van der Waals surface area (Å²) < 4.78 is 2.30. The lowest BCUT2D eigenvalue weighted by Crippen LogP contribution is -2.11. The fraction of sp³-hybridized carbons (Fsp3) is 0.316. The Morgan fingerprint density at radius 2 is 1.43 bits per heavy atom. The van der Waals surface area contributed by atoms with Crippen LogP contribution in [0.5, 0.6) is 0 Å². The molecule has 0 N–H and O–H groups in total. The van der Waals surface area contributed by atoms with E-state index >= 15 is 0 Å². The second kappa shape index (κ2) is 5.72. The molecule has 108 valence electrons. The van der Waals surface area contributed by atoms with Crippen molar-refractivity contribution in [1.29, 1.82) is 0 Å². The molecule has 0 amide bonds. The van der Waals surface area contributed by atoms with Crippen LogP contribution in [0.4, 0.5) is 0 Å². The summed E-state index contributed by atoms with van der Waals surface area (Å²) in [5.41, 5.74) is 2.23. The number of fused-ring (bicyclic) bond motifs is 2. The predicted octanol–water partition coefficient (Wildman–Crippen LogP) is 4.59. The van der Waals surface area contributed by atoms with E-state index in [2.05, 4.69) is 30.5 Å². The lowest BCUT2D eigenvalue weighted by molar-refractivity contribution is 0.521. The maximum absolute atomic E-state index is 12.6. The Morgan fingerprint density at radius 1 is 0.905 bits per heavy atom. The Kier molecular flexibility index (Phi) is 3.78. The number of benzene rings is 2. The first-order valence-corrected chi connectivity index (χ1v) is 7.69. The second-order valence-electron chi connectivity index (χ2n) is 6.05. The summed E-state index contributed by atoms with van der Waals surface area (Å²) in [6.45, 7) is 5.46. The lowest BCUT2D eigenvalue weighted by Gasteiger charge is -2.15. The monoisotopic (exact) mass is 279 g/mol. The first-order valence-electron chi connectivity index (χ1n) is 7.69. The maximum atomic E-state index is 12.6. The fourth-order valence-electron chi connectivity index (χ4n) is 2.98. The standard InChI is InChI=1S/C19H21NO/c1-14(2)8-7-13-20-17-11-5-3-9-15(17)19(21)16-10-4-6-12-18(16)20/h3-6,9-12,14H,7-8,13H2,1-2H3. The van der Waals surface area contributed by atoms with E-state index < -0.39 is 0 Å². The SMILES string of the molecule is CC(C)CCCn1c2ccccc2c(=O)c2ccccc21. The van der Waals surface area contributed by atoms with Crippen molar-refractivity contribution >= 4 is 21.8 Å². The zero-order chi connectivity index (χ0) is 14.8. The van der Waals surface area contributed by atoms with E-state index in [0.717, 1.165) is 34.8 Å². The van der Waals surface area contributed by atoms with Crippen molar-refractivity contribution in [2.24, 2.45) is 5.92 Å². The van der Waals surface area contributed by atoms with Gasteiger partial charge >= 0.3 is 0 Å². The number of aromatic nitrogens is 1. The number of pyridine rings is 1. The van der Waals surface area contributed by atoms with Crippen LogP contribution in [-0.2, 0) is 6.54 Å². The van der Waals surface area contributed by atoms with Gasteiger partial charge in [-0.25, -0.2) is 0 Å². The van der Waals surface area contributed by atoms with Crippen LogP contribution in [-0.4, -0.2) is 4.57 Å². The highest BCUT2D eigenvalue weighted by molar-refractivity contribution is 5.93. The minimum Gasteiger partial charge on any atom is -0.340 e. The van der Waals surface area contributed by atoms with Gasteiger partial charge in [0, 0.05) is 17.3 Å². The third kappa shape index (κ3) is 2.58. The Balaban J connectivity index is 2.22. The smallest absolute Gasteiger partial charge is 0.197 e. The van der Waals surface area contributed by atoms with Crippen LogP contribution in [0, 0.1) is 5.92 Å². The van der Waals surface area contributed by atoms with Crippen LogP contribution in [0.1, 0.15) is 26.7 Å². The molecule has 2 nitrogen and oxygen atoms in total. The van der Waals surface area contributed by atoms with Gasteiger partial charge in [-0.1, -0.05) is 38.1 Å². The summed E-state index contributed by atoms with van der Waals surface area (Å²) in [5, 5.41) is 1.64. The average molecular weight is 279 g/mol. The van der Waals surface area contributed by atoms with E-state index in [4.69, 9.17) is 0 Å². The first kappa shape index (κ1) is 13.9. The number of rotatable bonds is 4. The quantitative estimate of drug-likeness (QED) is 0.640. The van der Waals surface area contributed by atoms with E-state index in [-0.39, 0.29) is 5.43 Å². The van der Waals surface area contributed by atoms with Crippen molar-refractivity contribution in [3.8, 4) is 0 Å². The summed E-state index contributed by atoms with van der Waals surface area (Å²) in [4.78, 5) is 12.6. The number of aryl methyl sites for hydroxylation is 1. The van der Waals surface area contributed by atoms with Crippen molar-refractivity contribution in [3.05, 3.63) is 58.8 Å². The van der Waals surface area contributed by atoms with Gasteiger partial charge in [0.25, 0.3) is 0 Å². The van der Waals surface area contributed by atoms with Crippen molar-refractivity contribution in [3.63, 3.8) is 0 Å². The van der Waals surface area contributed by atoms with Gasteiger partial charge in [-0.2, -0.15) is 0 Å². The van der Waals surface area contributed by atoms with E-state index in [9.17, 15) is 4.79 Å². The highest BCUT2D eigenvalue weighted by Crippen LogP contribution is 2.20. The summed E-state index contributed by atoms with van der Waals surface area (Å²) in [5.74, 6) is 0.710. The Labute approximate surface area is 125 Å². The third-order valence-electron chi connectivity index (χ3n) is 4.04. The molecule has 3 aromatic rings. The van der Waals surface area contributed by atoms with Gasteiger partial charge in [-0.3, -0.25) is 4.79 Å². The second-order valence-corrected chi connectivity index (χ2v) is 6.05. The topological polar surface area (TPSA) is 22.0 Å². The van der Waals surface area contributed by atoms with Gasteiger partial charge in [-0.15, -0.1) is 0 Å². The van der Waals surface area contributed by atoms with Crippen LogP contribution in [0.3, 0.4) is 0 Å². The number of nitrogens with zero attached hydrogens (tertiary/aromatic N) is 1. The largest absolute Gasteiger partial charge is 0.340 e. The molecule has 2 heteroatoms. The highest BCUT2D eigenvalue weighted by atomic mass is 16.1. The normalized spacial score (nSPS) is 11.6. The van der Waals surface area contributed by atoms with Crippen LogP contribution >= 0.6 is 0 Å². The molecule has 2 aromatic carbocycles. The molecule has 3 rings (SSSR count). The molecule has 0 bridgehead atoms. The van der Waals surface area contributed by atoms with Crippen LogP contribution in [0.25, 0.3) is 21.8 Å². The van der Waals surface area contributed by atoms with E-state index in [1.807, 2.05) is 36.4 Å². The molecule has 1 heterocycles. The Bertz CT molecular complexity index is 770. The molecule has 0 unspecified atom stereocenters. The molecule has 21 heavy (non-hydrogen) atoms. The summed E-state index contributed by atoms with van der Waals surface area (Å²) in [6, 6.07) is 15.9. The average Bonchev–Trinajstić information content (AvgIpc) is 2.50. The lowest BCUT2D eigenvalue weighted by atomic mass is 10.1. The molecule has 0 fully saturated rings. The van der Waals surface area contributed by atoms with Crippen molar-refractivity contribution in [2.45, 2.75) is 33.2 Å². The minimum absolute atomic E-state index is 0.140. The molecule has 0 aliphatic heterocycles. The molecule has 0 saturated carbocycles. The molecule has 0 saturated heterocycles. The summed E-state index contributed by atoms with van der Waals surface area (Å²) in [6.07, 6.45) is 2.34.